The number of nitrogens with one attached hydrogen (secondary N) is 1. The summed E-state index contributed by atoms with van der Waals surface area (Å²) in [5.41, 5.74) is 5.73. The second-order valence-electron chi connectivity index (χ2n) is 8.57. The molecular formula is C29H33N3O. The van der Waals surface area contributed by atoms with Gasteiger partial charge in [0.2, 0.25) is 5.91 Å². The normalized spacial score (nSPS) is 11.1. The van der Waals surface area contributed by atoms with Gasteiger partial charge in [-0.05, 0) is 48.1 Å². The number of benzene rings is 3. The van der Waals surface area contributed by atoms with E-state index in [4.69, 9.17) is 4.98 Å². The summed E-state index contributed by atoms with van der Waals surface area (Å²) in [6, 6.07) is 26.9. The van der Waals surface area contributed by atoms with Crippen LogP contribution in [0.15, 0.2) is 78.9 Å². The van der Waals surface area contributed by atoms with Crippen molar-refractivity contribution >= 4 is 16.9 Å². The van der Waals surface area contributed by atoms with E-state index in [-0.39, 0.29) is 5.91 Å². The number of hydrogen-bond donors (Lipinski definition) is 1. The van der Waals surface area contributed by atoms with Crippen LogP contribution in [0.2, 0.25) is 0 Å². The number of imidazole rings is 1. The highest BCUT2D eigenvalue weighted by Gasteiger charge is 2.09. The zero-order chi connectivity index (χ0) is 22.9. The van der Waals surface area contributed by atoms with Crippen molar-refractivity contribution in [2.45, 2.75) is 52.0 Å². The van der Waals surface area contributed by atoms with Gasteiger partial charge in [-0.3, -0.25) is 4.79 Å². The molecule has 4 heteroatoms. The number of carbonyl (C=O) groups excluding carboxylic acids is 1. The molecule has 4 aromatic rings. The first-order valence-electron chi connectivity index (χ1n) is 12.1. The van der Waals surface area contributed by atoms with E-state index in [1.807, 2.05) is 30.3 Å². The lowest BCUT2D eigenvalue weighted by Crippen LogP contribution is -2.26. The van der Waals surface area contributed by atoms with E-state index in [0.29, 0.717) is 6.42 Å². The van der Waals surface area contributed by atoms with Gasteiger partial charge in [-0.15, -0.1) is 0 Å². The molecule has 0 unspecified atom stereocenters. The quantitative estimate of drug-likeness (QED) is 0.283. The third-order valence-electron chi connectivity index (χ3n) is 6.01. The summed E-state index contributed by atoms with van der Waals surface area (Å²) in [5, 5.41) is 3.07. The molecule has 4 rings (SSSR count). The summed E-state index contributed by atoms with van der Waals surface area (Å²) in [6.45, 7) is 3.95. The van der Waals surface area contributed by atoms with Crippen LogP contribution in [0.25, 0.3) is 22.2 Å². The van der Waals surface area contributed by atoms with Crippen LogP contribution in [0.4, 0.5) is 0 Å². The van der Waals surface area contributed by atoms with Crippen molar-refractivity contribution in [2.24, 2.45) is 0 Å². The van der Waals surface area contributed by atoms with Gasteiger partial charge >= 0.3 is 0 Å². The minimum absolute atomic E-state index is 0.0900. The molecule has 0 fully saturated rings. The largest absolute Gasteiger partial charge is 0.356 e. The van der Waals surface area contributed by atoms with Gasteiger partial charge in [-0.25, -0.2) is 4.98 Å². The molecule has 0 spiro atoms. The Kier molecular flexibility index (Phi) is 7.91. The molecule has 1 heterocycles. The zero-order valence-electron chi connectivity index (χ0n) is 19.5. The fourth-order valence-electron chi connectivity index (χ4n) is 4.30. The van der Waals surface area contributed by atoms with Crippen molar-refractivity contribution in [2.75, 3.05) is 6.54 Å². The van der Waals surface area contributed by atoms with E-state index in [1.165, 1.54) is 22.5 Å². The highest BCUT2D eigenvalue weighted by molar-refractivity contribution is 5.79. The van der Waals surface area contributed by atoms with Crippen molar-refractivity contribution in [3.63, 3.8) is 0 Å². The first-order chi connectivity index (χ1) is 16.2. The Hall–Kier alpha value is -3.40. The van der Waals surface area contributed by atoms with Gasteiger partial charge < -0.3 is 9.88 Å². The minimum Gasteiger partial charge on any atom is -0.356 e. The van der Waals surface area contributed by atoms with E-state index >= 15 is 0 Å². The molecule has 0 aliphatic heterocycles. The molecule has 1 aromatic heterocycles. The van der Waals surface area contributed by atoms with Crippen LogP contribution in [0.5, 0.6) is 0 Å². The van der Waals surface area contributed by atoms with Crippen molar-refractivity contribution in [1.82, 2.24) is 14.9 Å². The number of para-hydroxylation sites is 2. The lowest BCUT2D eigenvalue weighted by molar-refractivity contribution is -0.120. The SMILES string of the molecule is CCCn1c(CCCCCNC(=O)Cc2ccc(-c3ccccc3)cc2)nc2ccccc21. The third-order valence-corrected chi connectivity index (χ3v) is 6.01. The Morgan fingerprint density at radius 2 is 1.58 bits per heavy atom. The molecule has 0 aliphatic carbocycles. The maximum absolute atomic E-state index is 12.3. The number of aromatic nitrogens is 2. The van der Waals surface area contributed by atoms with Crippen LogP contribution < -0.4 is 5.32 Å². The number of hydrogen-bond acceptors (Lipinski definition) is 2. The van der Waals surface area contributed by atoms with Gasteiger partial charge in [0, 0.05) is 19.5 Å². The highest BCUT2D eigenvalue weighted by atomic mass is 16.1. The number of aryl methyl sites for hydroxylation is 2. The first-order valence-corrected chi connectivity index (χ1v) is 12.1. The minimum atomic E-state index is 0.0900. The summed E-state index contributed by atoms with van der Waals surface area (Å²) in [5.74, 6) is 1.27. The van der Waals surface area contributed by atoms with Crippen LogP contribution in [0.3, 0.4) is 0 Å². The summed E-state index contributed by atoms with van der Waals surface area (Å²) in [6.07, 6.45) is 5.68. The second kappa shape index (κ2) is 11.5. The molecule has 0 bridgehead atoms. The maximum Gasteiger partial charge on any atom is 0.224 e. The first kappa shape index (κ1) is 22.8. The third kappa shape index (κ3) is 6.10. The average Bonchev–Trinajstić information content (AvgIpc) is 3.20. The molecular weight excluding hydrogens is 406 g/mol. The molecule has 1 N–H and O–H groups in total. The standard InChI is InChI=1S/C29H33N3O/c1-2-21-32-27-14-9-8-13-26(27)31-28(32)15-7-4-10-20-30-29(33)22-23-16-18-25(19-17-23)24-11-5-3-6-12-24/h3,5-6,8-9,11-14,16-19H,2,4,7,10,15,20-22H2,1H3,(H,30,33). The number of rotatable bonds is 11. The van der Waals surface area contributed by atoms with Gasteiger partial charge in [-0.1, -0.05) is 80.1 Å². The second-order valence-corrected chi connectivity index (χ2v) is 8.57. The average molecular weight is 440 g/mol. The number of amides is 1. The lowest BCUT2D eigenvalue weighted by Gasteiger charge is -2.08. The predicted octanol–water partition coefficient (Wildman–Crippen LogP) is 6.19. The van der Waals surface area contributed by atoms with Crippen LogP contribution in [0.1, 0.15) is 44.0 Å². The zero-order valence-corrected chi connectivity index (χ0v) is 19.5. The molecule has 170 valence electrons. The number of nitrogens with zero attached hydrogens (tertiary/aromatic N) is 2. The van der Waals surface area contributed by atoms with Gasteiger partial charge in [0.15, 0.2) is 0 Å². The molecule has 0 saturated carbocycles. The molecule has 3 aromatic carbocycles. The monoisotopic (exact) mass is 439 g/mol. The van der Waals surface area contributed by atoms with Gasteiger partial charge in [0.1, 0.15) is 5.82 Å². The fraction of sp³-hybridized carbons (Fsp3) is 0.310. The van der Waals surface area contributed by atoms with Crippen LogP contribution in [0, 0.1) is 0 Å². The summed E-state index contributed by atoms with van der Waals surface area (Å²) in [7, 11) is 0. The summed E-state index contributed by atoms with van der Waals surface area (Å²) >= 11 is 0. The van der Waals surface area contributed by atoms with E-state index in [2.05, 4.69) is 65.3 Å². The van der Waals surface area contributed by atoms with Crippen molar-refractivity contribution in [3.8, 4) is 11.1 Å². The molecule has 0 aliphatic rings. The van der Waals surface area contributed by atoms with Gasteiger partial charge in [-0.2, -0.15) is 0 Å². The Morgan fingerprint density at radius 3 is 2.36 bits per heavy atom. The molecule has 0 saturated heterocycles. The number of unbranched alkanes of at least 4 members (excludes halogenated alkanes) is 2. The van der Waals surface area contributed by atoms with E-state index in [9.17, 15) is 4.79 Å². The lowest BCUT2D eigenvalue weighted by atomic mass is 10.0. The molecule has 4 nitrogen and oxygen atoms in total. The summed E-state index contributed by atoms with van der Waals surface area (Å²) < 4.78 is 2.36. The number of carbonyl (C=O) groups is 1. The van der Waals surface area contributed by atoms with Crippen LogP contribution in [-0.4, -0.2) is 22.0 Å². The molecule has 33 heavy (non-hydrogen) atoms. The molecule has 0 atom stereocenters. The van der Waals surface area contributed by atoms with E-state index in [1.54, 1.807) is 0 Å². The number of fused-ring (bicyclic) bond motifs is 1. The summed E-state index contributed by atoms with van der Waals surface area (Å²) in [4.78, 5) is 17.2. The van der Waals surface area contributed by atoms with Gasteiger partial charge in [0.25, 0.3) is 0 Å². The Labute approximate surface area is 196 Å². The highest BCUT2D eigenvalue weighted by Crippen LogP contribution is 2.20. The van der Waals surface area contributed by atoms with Gasteiger partial charge in [0.05, 0.1) is 17.5 Å². The van der Waals surface area contributed by atoms with Crippen LogP contribution in [-0.2, 0) is 24.2 Å². The topological polar surface area (TPSA) is 46.9 Å². The Bertz CT molecular complexity index is 1160. The van der Waals surface area contributed by atoms with Crippen molar-refractivity contribution in [3.05, 3.63) is 90.3 Å². The van der Waals surface area contributed by atoms with Crippen LogP contribution >= 0.6 is 0 Å². The van der Waals surface area contributed by atoms with Crippen molar-refractivity contribution in [1.29, 1.82) is 0 Å². The molecule has 0 radical (unpaired) electrons. The Morgan fingerprint density at radius 1 is 0.848 bits per heavy atom. The van der Waals surface area contributed by atoms with E-state index < -0.39 is 0 Å². The maximum atomic E-state index is 12.3. The smallest absolute Gasteiger partial charge is 0.224 e. The predicted molar refractivity (Wildman–Crippen MR) is 136 cm³/mol. The van der Waals surface area contributed by atoms with E-state index in [0.717, 1.165) is 56.3 Å². The van der Waals surface area contributed by atoms with Crippen molar-refractivity contribution < 1.29 is 4.79 Å². The Balaban J connectivity index is 1.17. The fourth-order valence-corrected chi connectivity index (χ4v) is 4.30. The molecule has 1 amide bonds.